The third-order valence-corrected chi connectivity index (χ3v) is 2.53. The van der Waals surface area contributed by atoms with E-state index >= 15 is 0 Å². The van der Waals surface area contributed by atoms with Gasteiger partial charge in [-0.05, 0) is 41.6 Å². The van der Waals surface area contributed by atoms with E-state index in [1.54, 1.807) is 24.3 Å². The second-order valence-electron chi connectivity index (χ2n) is 3.87. The maximum atomic E-state index is 11.8. The standard InChI is InChI=1S/C12H12N4O4/c1-8(11(17)19-2)20-12(18)9-3-5-10(6-4-9)16-7-13-14-15-16/h3-8H,1-2H3. The Bertz CT molecular complexity index is 594. The number of tetrazole rings is 1. The molecule has 0 aliphatic rings. The molecular formula is C12H12N4O4. The van der Waals surface area contributed by atoms with E-state index in [-0.39, 0.29) is 0 Å². The van der Waals surface area contributed by atoms with Gasteiger partial charge in [0.25, 0.3) is 0 Å². The predicted octanol–water partition coefficient (Wildman–Crippen LogP) is 0.381. The minimum absolute atomic E-state index is 0.317. The van der Waals surface area contributed by atoms with E-state index in [4.69, 9.17) is 4.74 Å². The molecule has 0 aliphatic carbocycles. The van der Waals surface area contributed by atoms with Gasteiger partial charge < -0.3 is 9.47 Å². The van der Waals surface area contributed by atoms with Crippen LogP contribution in [0.1, 0.15) is 17.3 Å². The van der Waals surface area contributed by atoms with Crippen molar-refractivity contribution in [2.45, 2.75) is 13.0 Å². The lowest BCUT2D eigenvalue weighted by molar-refractivity contribution is -0.149. The molecule has 0 spiro atoms. The summed E-state index contributed by atoms with van der Waals surface area (Å²) < 4.78 is 10.9. The molecule has 0 saturated heterocycles. The van der Waals surface area contributed by atoms with E-state index in [9.17, 15) is 9.59 Å². The summed E-state index contributed by atoms with van der Waals surface area (Å²) in [6.45, 7) is 1.44. The summed E-state index contributed by atoms with van der Waals surface area (Å²) in [7, 11) is 1.23. The molecule has 1 aromatic heterocycles. The molecular weight excluding hydrogens is 264 g/mol. The fraction of sp³-hybridized carbons (Fsp3) is 0.250. The van der Waals surface area contributed by atoms with Crippen LogP contribution in [0.15, 0.2) is 30.6 Å². The average molecular weight is 276 g/mol. The van der Waals surface area contributed by atoms with E-state index in [2.05, 4.69) is 20.3 Å². The Hall–Kier alpha value is -2.77. The zero-order chi connectivity index (χ0) is 14.5. The first kappa shape index (κ1) is 13.7. The van der Waals surface area contributed by atoms with Crippen LogP contribution in [-0.4, -0.2) is 45.4 Å². The minimum atomic E-state index is -0.952. The second-order valence-corrected chi connectivity index (χ2v) is 3.87. The molecule has 2 aromatic rings. The lowest BCUT2D eigenvalue weighted by Crippen LogP contribution is -2.25. The smallest absolute Gasteiger partial charge is 0.346 e. The van der Waals surface area contributed by atoms with Crippen LogP contribution in [-0.2, 0) is 14.3 Å². The Morgan fingerprint density at radius 3 is 2.50 bits per heavy atom. The Morgan fingerprint density at radius 2 is 1.95 bits per heavy atom. The molecule has 8 heteroatoms. The third-order valence-electron chi connectivity index (χ3n) is 2.53. The first-order valence-electron chi connectivity index (χ1n) is 5.74. The Labute approximate surface area is 114 Å². The Kier molecular flexibility index (Phi) is 4.04. The summed E-state index contributed by atoms with van der Waals surface area (Å²) in [6, 6.07) is 6.44. The van der Waals surface area contributed by atoms with Crippen LogP contribution in [0.25, 0.3) is 5.69 Å². The average Bonchev–Trinajstić information content (AvgIpc) is 3.00. The lowest BCUT2D eigenvalue weighted by Gasteiger charge is -2.10. The van der Waals surface area contributed by atoms with Gasteiger partial charge in [0.1, 0.15) is 6.33 Å². The summed E-state index contributed by atoms with van der Waals surface area (Å²) in [5.74, 6) is -1.21. The molecule has 0 amide bonds. The number of carbonyl (C=O) groups is 2. The van der Waals surface area contributed by atoms with Crippen molar-refractivity contribution in [3.8, 4) is 5.69 Å². The zero-order valence-corrected chi connectivity index (χ0v) is 10.9. The normalized spacial score (nSPS) is 11.7. The molecule has 104 valence electrons. The summed E-state index contributed by atoms with van der Waals surface area (Å²) in [4.78, 5) is 23.0. The molecule has 1 aromatic carbocycles. The maximum absolute atomic E-state index is 11.8. The molecule has 0 saturated carbocycles. The summed E-state index contributed by atoms with van der Waals surface area (Å²) in [5.41, 5.74) is 1.02. The van der Waals surface area contributed by atoms with Crippen molar-refractivity contribution in [2.24, 2.45) is 0 Å². The number of ether oxygens (including phenoxy) is 2. The topological polar surface area (TPSA) is 96.2 Å². The monoisotopic (exact) mass is 276 g/mol. The van der Waals surface area contributed by atoms with Crippen LogP contribution in [0, 0.1) is 0 Å². The number of esters is 2. The number of nitrogens with zero attached hydrogens (tertiary/aromatic N) is 4. The largest absolute Gasteiger partial charge is 0.466 e. The number of aromatic nitrogens is 4. The van der Waals surface area contributed by atoms with E-state index in [1.807, 2.05) is 0 Å². The van der Waals surface area contributed by atoms with Crippen LogP contribution in [0.5, 0.6) is 0 Å². The van der Waals surface area contributed by atoms with Crippen molar-refractivity contribution < 1.29 is 19.1 Å². The number of carbonyl (C=O) groups excluding carboxylic acids is 2. The van der Waals surface area contributed by atoms with E-state index in [1.165, 1.54) is 25.0 Å². The van der Waals surface area contributed by atoms with Gasteiger partial charge in [-0.3, -0.25) is 0 Å². The predicted molar refractivity (Wildman–Crippen MR) is 66.0 cm³/mol. The Morgan fingerprint density at radius 1 is 1.25 bits per heavy atom. The number of hydrogen-bond donors (Lipinski definition) is 0. The number of hydrogen-bond acceptors (Lipinski definition) is 7. The van der Waals surface area contributed by atoms with Gasteiger partial charge in [-0.2, -0.15) is 0 Å². The van der Waals surface area contributed by atoms with Gasteiger partial charge in [0.15, 0.2) is 6.10 Å². The van der Waals surface area contributed by atoms with Crippen molar-refractivity contribution in [1.82, 2.24) is 20.2 Å². The first-order chi connectivity index (χ1) is 9.61. The first-order valence-corrected chi connectivity index (χ1v) is 5.74. The SMILES string of the molecule is COC(=O)C(C)OC(=O)c1ccc(-n2cnnn2)cc1. The molecule has 2 rings (SSSR count). The van der Waals surface area contributed by atoms with Gasteiger partial charge in [0.2, 0.25) is 0 Å². The highest BCUT2D eigenvalue weighted by atomic mass is 16.6. The Balaban J connectivity index is 2.06. The van der Waals surface area contributed by atoms with Crippen LogP contribution < -0.4 is 0 Å². The van der Waals surface area contributed by atoms with Crippen molar-refractivity contribution in [2.75, 3.05) is 7.11 Å². The molecule has 0 aliphatic heterocycles. The summed E-state index contributed by atoms with van der Waals surface area (Å²) in [5, 5.41) is 10.7. The van der Waals surface area contributed by atoms with Crippen molar-refractivity contribution in [3.05, 3.63) is 36.2 Å². The van der Waals surface area contributed by atoms with Gasteiger partial charge in [0.05, 0.1) is 18.4 Å². The number of methoxy groups -OCH3 is 1. The molecule has 8 nitrogen and oxygen atoms in total. The van der Waals surface area contributed by atoms with Crippen LogP contribution in [0.3, 0.4) is 0 Å². The minimum Gasteiger partial charge on any atom is -0.466 e. The second kappa shape index (κ2) is 5.91. The van der Waals surface area contributed by atoms with Gasteiger partial charge in [0, 0.05) is 0 Å². The van der Waals surface area contributed by atoms with E-state index in [0.29, 0.717) is 11.3 Å². The van der Waals surface area contributed by atoms with Crippen LogP contribution in [0.4, 0.5) is 0 Å². The molecule has 1 atom stereocenters. The van der Waals surface area contributed by atoms with Crippen molar-refractivity contribution in [1.29, 1.82) is 0 Å². The number of benzene rings is 1. The molecule has 1 heterocycles. The quantitative estimate of drug-likeness (QED) is 0.745. The molecule has 0 N–H and O–H groups in total. The molecule has 0 bridgehead atoms. The van der Waals surface area contributed by atoms with Gasteiger partial charge in [-0.15, -0.1) is 5.10 Å². The maximum Gasteiger partial charge on any atom is 0.346 e. The van der Waals surface area contributed by atoms with Gasteiger partial charge in [-0.25, -0.2) is 14.3 Å². The fourth-order valence-electron chi connectivity index (χ4n) is 1.47. The van der Waals surface area contributed by atoms with E-state index in [0.717, 1.165) is 0 Å². The van der Waals surface area contributed by atoms with Crippen molar-refractivity contribution >= 4 is 11.9 Å². The fourth-order valence-corrected chi connectivity index (χ4v) is 1.47. The van der Waals surface area contributed by atoms with Gasteiger partial charge in [-0.1, -0.05) is 0 Å². The summed E-state index contributed by atoms with van der Waals surface area (Å²) in [6.07, 6.45) is 0.485. The summed E-state index contributed by atoms with van der Waals surface area (Å²) >= 11 is 0. The van der Waals surface area contributed by atoms with E-state index < -0.39 is 18.0 Å². The highest BCUT2D eigenvalue weighted by Gasteiger charge is 2.19. The van der Waals surface area contributed by atoms with Crippen LogP contribution >= 0.6 is 0 Å². The third kappa shape index (κ3) is 2.97. The highest BCUT2D eigenvalue weighted by Crippen LogP contribution is 2.10. The van der Waals surface area contributed by atoms with Crippen LogP contribution in [0.2, 0.25) is 0 Å². The van der Waals surface area contributed by atoms with Gasteiger partial charge >= 0.3 is 11.9 Å². The molecule has 20 heavy (non-hydrogen) atoms. The molecule has 1 unspecified atom stereocenters. The molecule has 0 radical (unpaired) electrons. The number of rotatable bonds is 4. The van der Waals surface area contributed by atoms with Crippen molar-refractivity contribution in [3.63, 3.8) is 0 Å². The zero-order valence-electron chi connectivity index (χ0n) is 10.9. The highest BCUT2D eigenvalue weighted by molar-refractivity contribution is 5.91. The molecule has 0 fully saturated rings. The lowest BCUT2D eigenvalue weighted by atomic mass is 10.2.